The summed E-state index contributed by atoms with van der Waals surface area (Å²) in [6.45, 7) is 2.00. The first-order valence-electron chi connectivity index (χ1n) is 9.21. The summed E-state index contributed by atoms with van der Waals surface area (Å²) < 4.78 is 6.52. The van der Waals surface area contributed by atoms with E-state index >= 15 is 0 Å². The molecule has 3 rings (SSSR count). The van der Waals surface area contributed by atoms with E-state index in [1.165, 1.54) is 0 Å². The van der Waals surface area contributed by atoms with E-state index in [-0.39, 0.29) is 6.61 Å². The predicted molar refractivity (Wildman–Crippen MR) is 107 cm³/mol. The largest absolute Gasteiger partial charge is 0.481 e. The van der Waals surface area contributed by atoms with Gasteiger partial charge in [0.1, 0.15) is 5.60 Å². The van der Waals surface area contributed by atoms with Crippen LogP contribution in [0.4, 0.5) is 0 Å². The summed E-state index contributed by atoms with van der Waals surface area (Å²) in [6, 6.07) is 30.0. The van der Waals surface area contributed by atoms with Crippen LogP contribution >= 0.6 is 0 Å². The highest BCUT2D eigenvalue weighted by atomic mass is 16.5. The Morgan fingerprint density at radius 1 is 0.815 bits per heavy atom. The van der Waals surface area contributed by atoms with Crippen molar-refractivity contribution in [1.82, 2.24) is 0 Å². The zero-order chi connectivity index (χ0) is 19.1. The van der Waals surface area contributed by atoms with Crippen LogP contribution in [-0.2, 0) is 15.1 Å². The molecule has 0 heterocycles. The SMILES string of the molecule is CC[C@@H](COC(c1ccccc1)(c1ccccc1)c1ccccc1)C(=O)O. The highest BCUT2D eigenvalue weighted by Gasteiger charge is 2.38. The minimum Gasteiger partial charge on any atom is -0.481 e. The Morgan fingerprint density at radius 2 is 1.19 bits per heavy atom. The predicted octanol–water partition coefficient (Wildman–Crippen LogP) is 5.11. The molecule has 3 aromatic rings. The molecule has 3 aromatic carbocycles. The Hall–Kier alpha value is -2.91. The number of carboxylic acids is 1. The van der Waals surface area contributed by atoms with Crippen molar-refractivity contribution in [2.24, 2.45) is 5.92 Å². The van der Waals surface area contributed by atoms with Crippen molar-refractivity contribution in [1.29, 1.82) is 0 Å². The minimum atomic E-state index is -0.868. The summed E-state index contributed by atoms with van der Waals surface area (Å²) >= 11 is 0. The van der Waals surface area contributed by atoms with Crippen LogP contribution in [0.15, 0.2) is 91.0 Å². The second-order valence-electron chi connectivity index (χ2n) is 6.53. The van der Waals surface area contributed by atoms with Crippen molar-refractivity contribution in [3.63, 3.8) is 0 Å². The molecular weight excluding hydrogens is 336 g/mol. The second kappa shape index (κ2) is 8.65. The zero-order valence-electron chi connectivity index (χ0n) is 15.4. The standard InChI is InChI=1S/C24H24O3/c1-2-19(23(25)26)18-27-24(20-12-6-3-7-13-20,21-14-8-4-9-15-21)22-16-10-5-11-17-22/h3-17,19H,2,18H2,1H3,(H,25,26)/t19-/m0/s1. The van der Waals surface area contributed by atoms with Gasteiger partial charge in [-0.1, -0.05) is 97.9 Å². The average Bonchev–Trinajstić information content (AvgIpc) is 2.73. The van der Waals surface area contributed by atoms with E-state index in [2.05, 4.69) is 0 Å². The number of benzene rings is 3. The molecule has 0 aliphatic heterocycles. The van der Waals surface area contributed by atoms with Gasteiger partial charge in [0, 0.05) is 0 Å². The van der Waals surface area contributed by atoms with Crippen LogP contribution in [0, 0.1) is 5.92 Å². The van der Waals surface area contributed by atoms with Crippen LogP contribution in [0.2, 0.25) is 0 Å². The van der Waals surface area contributed by atoms with Gasteiger partial charge in [0.25, 0.3) is 0 Å². The first kappa shape index (κ1) is 18.9. The number of carboxylic acid groups (broad SMARTS) is 1. The fourth-order valence-electron chi connectivity index (χ4n) is 3.36. The lowest BCUT2D eigenvalue weighted by Gasteiger charge is -2.36. The first-order valence-corrected chi connectivity index (χ1v) is 9.21. The highest BCUT2D eigenvalue weighted by Crippen LogP contribution is 2.40. The number of carbonyl (C=O) groups is 1. The first-order chi connectivity index (χ1) is 13.2. The molecule has 0 spiro atoms. The van der Waals surface area contributed by atoms with Crippen LogP contribution in [0.25, 0.3) is 0 Å². The number of rotatable bonds is 8. The number of aliphatic carboxylic acids is 1. The van der Waals surface area contributed by atoms with Crippen LogP contribution in [-0.4, -0.2) is 17.7 Å². The highest BCUT2D eigenvalue weighted by molar-refractivity contribution is 5.70. The molecule has 0 bridgehead atoms. The molecule has 0 aliphatic carbocycles. The van der Waals surface area contributed by atoms with Crippen LogP contribution in [0.3, 0.4) is 0 Å². The summed E-state index contributed by atoms with van der Waals surface area (Å²) in [6.07, 6.45) is 0.518. The van der Waals surface area contributed by atoms with Crippen molar-refractivity contribution in [2.45, 2.75) is 18.9 Å². The Bertz CT molecular complexity index is 748. The monoisotopic (exact) mass is 360 g/mol. The van der Waals surface area contributed by atoms with Crippen LogP contribution in [0.1, 0.15) is 30.0 Å². The van der Waals surface area contributed by atoms with E-state index in [9.17, 15) is 9.90 Å². The summed E-state index contributed by atoms with van der Waals surface area (Å²) in [5.74, 6) is -1.39. The molecule has 0 amide bonds. The van der Waals surface area contributed by atoms with Gasteiger partial charge in [0.05, 0.1) is 12.5 Å². The minimum absolute atomic E-state index is 0.129. The van der Waals surface area contributed by atoms with Gasteiger partial charge in [-0.3, -0.25) is 4.79 Å². The third-order valence-electron chi connectivity index (χ3n) is 4.88. The summed E-state index contributed by atoms with van der Waals surface area (Å²) in [5.41, 5.74) is 2.06. The van der Waals surface area contributed by atoms with Crippen LogP contribution in [0.5, 0.6) is 0 Å². The van der Waals surface area contributed by atoms with Gasteiger partial charge in [0.15, 0.2) is 0 Å². The zero-order valence-corrected chi connectivity index (χ0v) is 15.4. The average molecular weight is 360 g/mol. The smallest absolute Gasteiger partial charge is 0.308 e. The normalized spacial score (nSPS) is 12.5. The molecule has 0 fully saturated rings. The number of hydrogen-bond donors (Lipinski definition) is 1. The van der Waals surface area contributed by atoms with Gasteiger partial charge < -0.3 is 9.84 Å². The van der Waals surface area contributed by atoms with Gasteiger partial charge in [-0.15, -0.1) is 0 Å². The number of hydrogen-bond acceptors (Lipinski definition) is 2. The van der Waals surface area contributed by atoms with Crippen molar-refractivity contribution < 1.29 is 14.6 Å². The van der Waals surface area contributed by atoms with Gasteiger partial charge in [-0.2, -0.15) is 0 Å². The maximum atomic E-state index is 11.6. The molecule has 3 nitrogen and oxygen atoms in total. The third kappa shape index (κ3) is 3.93. The van der Waals surface area contributed by atoms with Crippen LogP contribution < -0.4 is 0 Å². The molecule has 0 saturated heterocycles. The molecule has 0 aliphatic rings. The Balaban J connectivity index is 2.18. The number of ether oxygens (including phenoxy) is 1. The Morgan fingerprint density at radius 3 is 1.48 bits per heavy atom. The lowest BCUT2D eigenvalue weighted by atomic mass is 9.80. The van der Waals surface area contributed by atoms with E-state index in [0.717, 1.165) is 16.7 Å². The molecule has 0 aromatic heterocycles. The maximum absolute atomic E-state index is 11.6. The topological polar surface area (TPSA) is 46.5 Å². The molecule has 0 unspecified atom stereocenters. The molecule has 1 atom stereocenters. The van der Waals surface area contributed by atoms with Crippen molar-refractivity contribution in [3.8, 4) is 0 Å². The van der Waals surface area contributed by atoms with Crippen molar-refractivity contribution in [3.05, 3.63) is 108 Å². The van der Waals surface area contributed by atoms with Gasteiger partial charge in [-0.05, 0) is 23.1 Å². The van der Waals surface area contributed by atoms with Crippen molar-refractivity contribution >= 4 is 5.97 Å². The van der Waals surface area contributed by atoms with E-state index in [1.807, 2.05) is 97.9 Å². The molecule has 138 valence electrons. The van der Waals surface area contributed by atoms with Crippen molar-refractivity contribution in [2.75, 3.05) is 6.61 Å². The fraction of sp³-hybridized carbons (Fsp3) is 0.208. The Kier molecular flexibility index (Phi) is 6.05. The molecular formula is C24H24O3. The summed E-state index contributed by atoms with van der Waals surface area (Å²) in [4.78, 5) is 11.6. The van der Waals surface area contributed by atoms with Gasteiger partial charge >= 0.3 is 5.97 Å². The maximum Gasteiger partial charge on any atom is 0.308 e. The quantitative estimate of drug-likeness (QED) is 0.568. The van der Waals surface area contributed by atoms with E-state index in [1.54, 1.807) is 0 Å². The third-order valence-corrected chi connectivity index (χ3v) is 4.88. The van der Waals surface area contributed by atoms with E-state index < -0.39 is 17.5 Å². The molecule has 1 N–H and O–H groups in total. The van der Waals surface area contributed by atoms with Gasteiger partial charge in [-0.25, -0.2) is 0 Å². The second-order valence-corrected chi connectivity index (χ2v) is 6.53. The summed E-state index contributed by atoms with van der Waals surface area (Å²) in [7, 11) is 0. The van der Waals surface area contributed by atoms with E-state index in [4.69, 9.17) is 4.74 Å². The molecule has 0 radical (unpaired) electrons. The van der Waals surface area contributed by atoms with E-state index in [0.29, 0.717) is 6.42 Å². The molecule has 0 saturated carbocycles. The lowest BCUT2D eigenvalue weighted by molar-refractivity contribution is -0.145. The fourth-order valence-corrected chi connectivity index (χ4v) is 3.36. The van der Waals surface area contributed by atoms with Gasteiger partial charge in [0.2, 0.25) is 0 Å². The molecule has 3 heteroatoms. The summed E-state index contributed by atoms with van der Waals surface area (Å²) in [5, 5.41) is 9.50. The molecule has 27 heavy (non-hydrogen) atoms. The lowest BCUT2D eigenvalue weighted by Crippen LogP contribution is -2.35. The Labute approximate surface area is 160 Å².